The zero-order valence-electron chi connectivity index (χ0n) is 13.1. The Morgan fingerprint density at radius 1 is 1.10 bits per heavy atom. The highest BCUT2D eigenvalue weighted by atomic mass is 32.2. The Kier molecular flexibility index (Phi) is 6.00. The average molecular weight is 321 g/mol. The van der Waals surface area contributed by atoms with Gasteiger partial charge in [-0.2, -0.15) is 11.8 Å². The number of ketones is 1. The summed E-state index contributed by atoms with van der Waals surface area (Å²) in [7, 11) is 0. The third-order valence-electron chi connectivity index (χ3n) is 3.39. The summed E-state index contributed by atoms with van der Waals surface area (Å²) in [6, 6.07) is 10.4. The van der Waals surface area contributed by atoms with E-state index in [-0.39, 0.29) is 5.78 Å². The molecular weight excluding hydrogens is 296 g/mol. The van der Waals surface area contributed by atoms with Crippen molar-refractivity contribution >= 4 is 29.3 Å². The molecular formula is C18H24OS2. The first-order chi connectivity index (χ1) is 9.94. The molecule has 1 aliphatic rings. The molecule has 21 heavy (non-hydrogen) atoms. The monoisotopic (exact) mass is 320 g/mol. The summed E-state index contributed by atoms with van der Waals surface area (Å²) in [4.78, 5) is 13.2. The van der Waals surface area contributed by atoms with Crippen molar-refractivity contribution in [2.75, 3.05) is 11.5 Å². The van der Waals surface area contributed by atoms with Gasteiger partial charge >= 0.3 is 0 Å². The van der Waals surface area contributed by atoms with Crippen LogP contribution >= 0.6 is 23.5 Å². The van der Waals surface area contributed by atoms with Crippen molar-refractivity contribution in [3.8, 4) is 0 Å². The molecule has 0 amide bonds. The fourth-order valence-electron chi connectivity index (χ4n) is 2.44. The maximum atomic E-state index is 12.0. The van der Waals surface area contributed by atoms with Gasteiger partial charge in [-0.1, -0.05) is 51.1 Å². The van der Waals surface area contributed by atoms with Crippen molar-refractivity contribution in [1.82, 2.24) is 0 Å². The van der Waals surface area contributed by atoms with Crippen LogP contribution < -0.4 is 0 Å². The van der Waals surface area contributed by atoms with Crippen LogP contribution in [0.1, 0.15) is 45.1 Å². The third kappa shape index (κ3) is 5.91. The van der Waals surface area contributed by atoms with Gasteiger partial charge in [-0.05, 0) is 28.9 Å². The summed E-state index contributed by atoms with van der Waals surface area (Å²) in [5.41, 5.74) is 1.29. The van der Waals surface area contributed by atoms with Crippen LogP contribution in [0.25, 0.3) is 0 Å². The first-order valence-corrected chi connectivity index (χ1v) is 9.46. The van der Waals surface area contributed by atoms with Gasteiger partial charge in [0.15, 0.2) is 5.78 Å². The molecule has 0 N–H and O–H groups in total. The van der Waals surface area contributed by atoms with Gasteiger partial charge in [-0.25, -0.2) is 0 Å². The largest absolute Gasteiger partial charge is 0.295 e. The normalized spacial score (nSPS) is 19.5. The van der Waals surface area contributed by atoms with Crippen molar-refractivity contribution in [2.45, 2.75) is 44.3 Å². The van der Waals surface area contributed by atoms with Crippen LogP contribution in [-0.2, 0) is 4.79 Å². The van der Waals surface area contributed by atoms with E-state index >= 15 is 0 Å². The molecule has 3 heteroatoms. The molecule has 2 rings (SSSR count). The van der Waals surface area contributed by atoms with Crippen molar-refractivity contribution in [1.29, 1.82) is 0 Å². The quantitative estimate of drug-likeness (QED) is 0.687. The molecule has 0 fully saturated rings. The van der Waals surface area contributed by atoms with Crippen molar-refractivity contribution in [3.05, 3.63) is 46.9 Å². The van der Waals surface area contributed by atoms with Crippen LogP contribution in [0.2, 0.25) is 0 Å². The SMILES string of the molecule is CC(C)(C)SCCSC1=CC(=O)C[C@H](c2ccccc2)C1. The minimum atomic E-state index is 0.279. The van der Waals surface area contributed by atoms with Crippen LogP contribution in [0.5, 0.6) is 0 Å². The standard InChI is InChI=1S/C18H24OS2/c1-18(2,3)21-10-9-20-17-12-15(11-16(19)13-17)14-7-5-4-6-8-14/h4-8,13,15H,9-12H2,1-3H3/t15-/m0/s1. The second kappa shape index (κ2) is 7.55. The predicted octanol–water partition coefficient (Wildman–Crippen LogP) is 5.28. The Morgan fingerprint density at radius 2 is 1.81 bits per heavy atom. The molecule has 0 radical (unpaired) electrons. The Labute approximate surface area is 137 Å². The van der Waals surface area contributed by atoms with E-state index in [2.05, 4.69) is 45.0 Å². The summed E-state index contributed by atoms with van der Waals surface area (Å²) in [6.45, 7) is 6.74. The van der Waals surface area contributed by atoms with E-state index in [9.17, 15) is 4.79 Å². The number of carbonyl (C=O) groups is 1. The van der Waals surface area contributed by atoms with Gasteiger partial charge in [0.2, 0.25) is 0 Å². The minimum absolute atomic E-state index is 0.279. The van der Waals surface area contributed by atoms with Crippen molar-refractivity contribution in [2.24, 2.45) is 0 Å². The summed E-state index contributed by atoms with van der Waals surface area (Å²) >= 11 is 3.85. The number of rotatable bonds is 5. The summed E-state index contributed by atoms with van der Waals surface area (Å²) in [6.07, 6.45) is 3.54. The number of benzene rings is 1. The molecule has 1 aliphatic carbocycles. The molecule has 0 aromatic heterocycles. The molecule has 0 heterocycles. The van der Waals surface area contributed by atoms with Gasteiger partial charge in [-0.15, -0.1) is 11.8 Å². The summed E-state index contributed by atoms with van der Waals surface area (Å²) < 4.78 is 0.323. The first-order valence-electron chi connectivity index (χ1n) is 7.49. The fraction of sp³-hybridized carbons (Fsp3) is 0.500. The lowest BCUT2D eigenvalue weighted by Crippen LogP contribution is -2.12. The smallest absolute Gasteiger partial charge is 0.157 e. The van der Waals surface area contributed by atoms with E-state index in [0.29, 0.717) is 17.1 Å². The first kappa shape index (κ1) is 16.7. The molecule has 0 saturated carbocycles. The van der Waals surface area contributed by atoms with Gasteiger partial charge in [0.1, 0.15) is 0 Å². The number of hydrogen-bond donors (Lipinski definition) is 0. The predicted molar refractivity (Wildman–Crippen MR) is 96.2 cm³/mol. The van der Waals surface area contributed by atoms with Crippen LogP contribution in [0.4, 0.5) is 0 Å². The highest BCUT2D eigenvalue weighted by Gasteiger charge is 2.22. The van der Waals surface area contributed by atoms with E-state index in [1.807, 2.05) is 35.7 Å². The molecule has 114 valence electrons. The summed E-state index contributed by atoms with van der Waals surface area (Å²) in [5, 5.41) is 0. The average Bonchev–Trinajstić information content (AvgIpc) is 2.43. The highest BCUT2D eigenvalue weighted by molar-refractivity contribution is 8.05. The number of allylic oxidation sites excluding steroid dienone is 2. The number of hydrogen-bond acceptors (Lipinski definition) is 3. The molecule has 0 saturated heterocycles. The molecule has 0 bridgehead atoms. The number of carbonyl (C=O) groups excluding carboxylic acids is 1. The van der Waals surface area contributed by atoms with Crippen LogP contribution in [0.3, 0.4) is 0 Å². The van der Waals surface area contributed by atoms with Crippen LogP contribution in [-0.4, -0.2) is 22.0 Å². The second-order valence-electron chi connectivity index (χ2n) is 6.40. The Bertz CT molecular complexity index is 500. The molecule has 0 aliphatic heterocycles. The zero-order chi connectivity index (χ0) is 15.3. The maximum Gasteiger partial charge on any atom is 0.157 e. The molecule has 0 spiro atoms. The van der Waals surface area contributed by atoms with Crippen molar-refractivity contribution in [3.63, 3.8) is 0 Å². The molecule has 1 nitrogen and oxygen atoms in total. The summed E-state index contributed by atoms with van der Waals surface area (Å²) in [5.74, 6) is 2.86. The topological polar surface area (TPSA) is 17.1 Å². The number of thioether (sulfide) groups is 2. The lowest BCUT2D eigenvalue weighted by Gasteiger charge is -2.22. The van der Waals surface area contributed by atoms with E-state index in [4.69, 9.17) is 0 Å². The van der Waals surface area contributed by atoms with Gasteiger partial charge in [0, 0.05) is 22.7 Å². The molecule has 1 aromatic rings. The highest BCUT2D eigenvalue weighted by Crippen LogP contribution is 2.36. The van der Waals surface area contributed by atoms with E-state index in [0.717, 1.165) is 17.9 Å². The molecule has 1 atom stereocenters. The molecule has 1 aromatic carbocycles. The minimum Gasteiger partial charge on any atom is -0.295 e. The van der Waals surface area contributed by atoms with E-state index in [1.165, 1.54) is 10.5 Å². The van der Waals surface area contributed by atoms with Gasteiger partial charge < -0.3 is 0 Å². The van der Waals surface area contributed by atoms with Crippen LogP contribution in [0, 0.1) is 0 Å². The Hall–Kier alpha value is -0.670. The van der Waals surface area contributed by atoms with Gasteiger partial charge in [0.25, 0.3) is 0 Å². The van der Waals surface area contributed by atoms with E-state index < -0.39 is 0 Å². The van der Waals surface area contributed by atoms with Crippen LogP contribution in [0.15, 0.2) is 41.3 Å². The zero-order valence-corrected chi connectivity index (χ0v) is 14.7. The second-order valence-corrected chi connectivity index (χ2v) is 9.55. The van der Waals surface area contributed by atoms with Gasteiger partial charge in [-0.3, -0.25) is 4.79 Å². The third-order valence-corrected chi connectivity index (χ3v) is 5.99. The Morgan fingerprint density at radius 3 is 2.48 bits per heavy atom. The maximum absolute atomic E-state index is 12.0. The lowest BCUT2D eigenvalue weighted by atomic mass is 9.87. The van der Waals surface area contributed by atoms with Crippen molar-refractivity contribution < 1.29 is 4.79 Å². The van der Waals surface area contributed by atoms with Gasteiger partial charge in [0.05, 0.1) is 0 Å². The molecule has 0 unspecified atom stereocenters. The fourth-order valence-corrected chi connectivity index (χ4v) is 4.51. The Balaban J connectivity index is 1.87. The van der Waals surface area contributed by atoms with E-state index in [1.54, 1.807) is 0 Å². The lowest BCUT2D eigenvalue weighted by molar-refractivity contribution is -0.115.